The Morgan fingerprint density at radius 2 is 2.35 bits per heavy atom. The molecule has 0 bridgehead atoms. The Labute approximate surface area is 104 Å². The van der Waals surface area contributed by atoms with E-state index < -0.39 is 16.1 Å². The predicted octanol–water partition coefficient (Wildman–Crippen LogP) is -0.0946. The number of nitrogens with one attached hydrogen (secondary N) is 1. The molecule has 17 heavy (non-hydrogen) atoms. The van der Waals surface area contributed by atoms with E-state index in [4.69, 9.17) is 15.1 Å². The molecule has 0 fully saturated rings. The minimum atomic E-state index is -3.71. The summed E-state index contributed by atoms with van der Waals surface area (Å²) in [6, 6.07) is 3.96. The maximum absolute atomic E-state index is 11.8. The third kappa shape index (κ3) is 3.76. The molecule has 0 aliphatic heterocycles. The van der Waals surface area contributed by atoms with E-state index in [1.807, 2.05) is 6.07 Å². The van der Waals surface area contributed by atoms with Crippen molar-refractivity contribution >= 4 is 21.4 Å². The van der Waals surface area contributed by atoms with Gasteiger partial charge in [-0.1, -0.05) is 0 Å². The molecule has 1 rings (SSSR count). The Morgan fingerprint density at radius 3 is 2.82 bits per heavy atom. The fourth-order valence-corrected chi connectivity index (χ4v) is 3.46. The summed E-state index contributed by atoms with van der Waals surface area (Å²) in [5, 5.41) is 17.6. The van der Waals surface area contributed by atoms with Crippen LogP contribution in [0, 0.1) is 11.3 Å². The van der Waals surface area contributed by atoms with Gasteiger partial charge in [0.25, 0.3) is 10.0 Å². The number of sulfonamides is 1. The van der Waals surface area contributed by atoms with E-state index in [0.717, 1.165) is 11.3 Å². The van der Waals surface area contributed by atoms with E-state index in [-0.39, 0.29) is 17.4 Å². The fourth-order valence-electron chi connectivity index (χ4n) is 1.13. The van der Waals surface area contributed by atoms with Crippen LogP contribution in [0.3, 0.4) is 0 Å². The summed E-state index contributed by atoms with van der Waals surface area (Å²) in [4.78, 5) is 0.317. The van der Waals surface area contributed by atoms with Crippen molar-refractivity contribution in [1.82, 2.24) is 4.72 Å². The number of ether oxygens (including phenoxy) is 1. The molecule has 0 aliphatic carbocycles. The summed E-state index contributed by atoms with van der Waals surface area (Å²) in [6.07, 6.45) is 0. The summed E-state index contributed by atoms with van der Waals surface area (Å²) in [7, 11) is -2.29. The zero-order valence-corrected chi connectivity index (χ0v) is 10.7. The minimum absolute atomic E-state index is 0.0450. The zero-order valence-electron chi connectivity index (χ0n) is 9.08. The van der Waals surface area contributed by atoms with Gasteiger partial charge in [0.15, 0.2) is 0 Å². The maximum Gasteiger partial charge on any atom is 0.250 e. The van der Waals surface area contributed by atoms with Gasteiger partial charge in [0.1, 0.15) is 15.2 Å². The molecule has 0 aliphatic rings. The SMILES string of the molecule is COCC(CO)NS(=O)(=O)c1ccc(C#N)s1. The Kier molecular flexibility index (Phi) is 5.04. The molecule has 1 atom stereocenters. The Balaban J connectivity index is 2.84. The maximum atomic E-state index is 11.8. The number of aliphatic hydroxyl groups excluding tert-OH is 1. The molecule has 1 unspecified atom stereocenters. The van der Waals surface area contributed by atoms with Gasteiger partial charge in [-0.2, -0.15) is 5.26 Å². The van der Waals surface area contributed by atoms with Crippen molar-refractivity contribution in [3.05, 3.63) is 17.0 Å². The lowest BCUT2D eigenvalue weighted by Gasteiger charge is -2.14. The second-order valence-electron chi connectivity index (χ2n) is 3.19. The monoisotopic (exact) mass is 276 g/mol. The number of rotatable bonds is 6. The molecular formula is C9H12N2O4S2. The molecule has 1 aromatic heterocycles. The highest BCUT2D eigenvalue weighted by Crippen LogP contribution is 2.20. The molecule has 94 valence electrons. The molecule has 0 amide bonds. The van der Waals surface area contributed by atoms with E-state index >= 15 is 0 Å². The van der Waals surface area contributed by atoms with Crippen molar-refractivity contribution in [2.45, 2.75) is 10.3 Å². The summed E-state index contributed by atoms with van der Waals surface area (Å²) in [5.41, 5.74) is 0. The van der Waals surface area contributed by atoms with E-state index in [9.17, 15) is 8.42 Å². The van der Waals surface area contributed by atoms with Gasteiger partial charge in [0.05, 0.1) is 19.3 Å². The van der Waals surface area contributed by atoms with Crippen LogP contribution in [0.1, 0.15) is 4.88 Å². The Hall–Kier alpha value is -0.980. The first-order valence-corrected chi connectivity index (χ1v) is 6.95. The van der Waals surface area contributed by atoms with Crippen molar-refractivity contribution < 1.29 is 18.3 Å². The Morgan fingerprint density at radius 1 is 1.65 bits per heavy atom. The largest absolute Gasteiger partial charge is 0.395 e. The number of aliphatic hydroxyl groups is 1. The molecule has 2 N–H and O–H groups in total. The molecule has 8 heteroatoms. The van der Waals surface area contributed by atoms with Crippen LogP contribution in [0.4, 0.5) is 0 Å². The van der Waals surface area contributed by atoms with Crippen LogP contribution in [-0.4, -0.2) is 39.9 Å². The number of methoxy groups -OCH3 is 1. The van der Waals surface area contributed by atoms with Crippen LogP contribution in [0.15, 0.2) is 16.3 Å². The average molecular weight is 276 g/mol. The van der Waals surface area contributed by atoms with Crippen LogP contribution in [-0.2, 0) is 14.8 Å². The summed E-state index contributed by atoms with van der Waals surface area (Å²) >= 11 is 0.876. The lowest BCUT2D eigenvalue weighted by Crippen LogP contribution is -2.40. The van der Waals surface area contributed by atoms with E-state index in [0.29, 0.717) is 4.88 Å². The van der Waals surface area contributed by atoms with Gasteiger partial charge in [0.2, 0.25) is 0 Å². The highest BCUT2D eigenvalue weighted by Gasteiger charge is 2.21. The quantitative estimate of drug-likeness (QED) is 0.756. The van der Waals surface area contributed by atoms with Crippen LogP contribution >= 0.6 is 11.3 Å². The second kappa shape index (κ2) is 6.09. The first-order chi connectivity index (χ1) is 8.03. The fraction of sp³-hybridized carbons (Fsp3) is 0.444. The van der Waals surface area contributed by atoms with Gasteiger partial charge in [0, 0.05) is 7.11 Å². The number of nitrogens with zero attached hydrogens (tertiary/aromatic N) is 1. The Bertz CT molecular complexity index is 503. The van der Waals surface area contributed by atoms with Gasteiger partial charge in [-0.3, -0.25) is 0 Å². The molecule has 0 aromatic carbocycles. The minimum Gasteiger partial charge on any atom is -0.395 e. The lowest BCUT2D eigenvalue weighted by atomic mass is 10.4. The van der Waals surface area contributed by atoms with Crippen LogP contribution in [0.5, 0.6) is 0 Å². The van der Waals surface area contributed by atoms with Gasteiger partial charge in [-0.05, 0) is 12.1 Å². The van der Waals surface area contributed by atoms with Crippen LogP contribution in [0.25, 0.3) is 0 Å². The molecule has 0 radical (unpaired) electrons. The standard InChI is InChI=1S/C9H12N2O4S2/c1-15-6-7(5-12)11-17(13,14)9-3-2-8(4-10)16-9/h2-3,7,11-12H,5-6H2,1H3. The number of thiophene rings is 1. The molecular weight excluding hydrogens is 264 g/mol. The third-order valence-corrected chi connectivity index (χ3v) is 4.87. The predicted molar refractivity (Wildman–Crippen MR) is 62.1 cm³/mol. The normalized spacial score (nSPS) is 13.2. The third-order valence-electron chi connectivity index (χ3n) is 1.87. The summed E-state index contributed by atoms with van der Waals surface area (Å²) in [6.45, 7) is -0.282. The molecule has 0 saturated heterocycles. The van der Waals surface area contributed by atoms with Gasteiger partial charge in [-0.15, -0.1) is 11.3 Å². The van der Waals surface area contributed by atoms with Crippen molar-refractivity contribution in [3.63, 3.8) is 0 Å². The topological polar surface area (TPSA) is 99.4 Å². The lowest BCUT2D eigenvalue weighted by molar-refractivity contribution is 0.139. The molecule has 0 spiro atoms. The second-order valence-corrected chi connectivity index (χ2v) is 6.21. The number of nitriles is 1. The number of hydrogen-bond donors (Lipinski definition) is 2. The van der Waals surface area contributed by atoms with Crippen molar-refractivity contribution in [3.8, 4) is 6.07 Å². The first-order valence-electron chi connectivity index (χ1n) is 4.65. The first kappa shape index (κ1) is 14.1. The van der Waals surface area contributed by atoms with Crippen molar-refractivity contribution in [2.75, 3.05) is 20.3 Å². The van der Waals surface area contributed by atoms with Gasteiger partial charge in [-0.25, -0.2) is 13.1 Å². The summed E-state index contributed by atoms with van der Waals surface area (Å²) in [5.74, 6) is 0. The van der Waals surface area contributed by atoms with Crippen molar-refractivity contribution in [2.24, 2.45) is 0 Å². The molecule has 0 saturated carbocycles. The van der Waals surface area contributed by atoms with E-state index in [1.54, 1.807) is 0 Å². The molecule has 6 nitrogen and oxygen atoms in total. The van der Waals surface area contributed by atoms with Crippen LogP contribution in [0.2, 0.25) is 0 Å². The molecule has 1 heterocycles. The van der Waals surface area contributed by atoms with E-state index in [1.165, 1.54) is 19.2 Å². The highest BCUT2D eigenvalue weighted by atomic mass is 32.2. The number of hydrogen-bond acceptors (Lipinski definition) is 6. The van der Waals surface area contributed by atoms with Gasteiger partial charge < -0.3 is 9.84 Å². The smallest absolute Gasteiger partial charge is 0.250 e. The van der Waals surface area contributed by atoms with Gasteiger partial charge >= 0.3 is 0 Å². The highest BCUT2D eigenvalue weighted by molar-refractivity contribution is 7.91. The average Bonchev–Trinajstić information content (AvgIpc) is 2.77. The zero-order chi connectivity index (χ0) is 12.9. The van der Waals surface area contributed by atoms with Crippen LogP contribution < -0.4 is 4.72 Å². The van der Waals surface area contributed by atoms with Crippen molar-refractivity contribution in [1.29, 1.82) is 5.26 Å². The van der Waals surface area contributed by atoms with E-state index in [2.05, 4.69) is 4.72 Å². The summed E-state index contributed by atoms with van der Waals surface area (Å²) < 4.78 is 30.8. The molecule has 1 aromatic rings.